The molecule has 0 saturated heterocycles. The molecule has 2 aromatic carbocycles. The van der Waals surface area contributed by atoms with Crippen LogP contribution in [0.1, 0.15) is 19.4 Å². The van der Waals surface area contributed by atoms with Crippen molar-refractivity contribution in [1.82, 2.24) is 0 Å². The number of anilines is 1. The fourth-order valence-electron chi connectivity index (χ4n) is 1.86. The van der Waals surface area contributed by atoms with Crippen molar-refractivity contribution in [2.24, 2.45) is 5.92 Å². The minimum absolute atomic E-state index is 0.176. The van der Waals surface area contributed by atoms with Crippen LogP contribution in [0.2, 0.25) is 0 Å². The van der Waals surface area contributed by atoms with Crippen LogP contribution in [-0.4, -0.2) is 12.5 Å². The number of carbonyl (C=O) groups excluding carboxylic acids is 1. The van der Waals surface area contributed by atoms with Gasteiger partial charge in [-0.25, -0.2) is 0 Å². The number of para-hydroxylation sites is 2. The van der Waals surface area contributed by atoms with E-state index >= 15 is 0 Å². The molecule has 0 aliphatic rings. The minimum Gasteiger partial charge on any atom is -0.491 e. The summed E-state index contributed by atoms with van der Waals surface area (Å²) in [6.07, 6.45) is 3.31. The fraction of sp³-hybridized carbons (Fsp3) is 0.211. The average molecular weight is 295 g/mol. The molecule has 0 aromatic heterocycles. The van der Waals surface area contributed by atoms with Crippen molar-refractivity contribution in [3.8, 4) is 5.75 Å². The van der Waals surface area contributed by atoms with E-state index in [9.17, 15) is 4.79 Å². The number of hydrogen-bond acceptors (Lipinski definition) is 2. The average Bonchev–Trinajstić information content (AvgIpc) is 2.53. The highest BCUT2D eigenvalue weighted by molar-refractivity contribution is 6.02. The second kappa shape index (κ2) is 8.03. The Morgan fingerprint density at radius 2 is 1.77 bits per heavy atom. The van der Waals surface area contributed by atoms with Crippen LogP contribution in [0.15, 0.2) is 60.7 Å². The van der Waals surface area contributed by atoms with Gasteiger partial charge >= 0.3 is 0 Å². The van der Waals surface area contributed by atoms with E-state index in [0.29, 0.717) is 24.0 Å². The first kappa shape index (κ1) is 15.8. The first-order valence-electron chi connectivity index (χ1n) is 7.41. The lowest BCUT2D eigenvalue weighted by Gasteiger charge is -2.13. The van der Waals surface area contributed by atoms with Gasteiger partial charge in [-0.05, 0) is 29.7 Å². The summed E-state index contributed by atoms with van der Waals surface area (Å²) in [4.78, 5) is 12.0. The summed E-state index contributed by atoms with van der Waals surface area (Å²) in [6, 6.07) is 17.2. The predicted octanol–water partition coefficient (Wildman–Crippen LogP) is 4.37. The maximum atomic E-state index is 12.0. The number of nitrogens with one attached hydrogen (secondary N) is 1. The Hall–Kier alpha value is -2.55. The Kier molecular flexibility index (Phi) is 5.78. The van der Waals surface area contributed by atoms with Crippen LogP contribution < -0.4 is 10.1 Å². The molecule has 114 valence electrons. The zero-order chi connectivity index (χ0) is 15.8. The highest BCUT2D eigenvalue weighted by Gasteiger charge is 2.06. The lowest BCUT2D eigenvalue weighted by atomic mass is 10.2. The van der Waals surface area contributed by atoms with Gasteiger partial charge in [0.25, 0.3) is 0 Å². The molecule has 0 unspecified atom stereocenters. The van der Waals surface area contributed by atoms with Crippen molar-refractivity contribution in [3.05, 3.63) is 66.2 Å². The third-order valence-electron chi connectivity index (χ3n) is 2.94. The van der Waals surface area contributed by atoms with Crippen molar-refractivity contribution >= 4 is 17.7 Å². The molecule has 0 fully saturated rings. The zero-order valence-electron chi connectivity index (χ0n) is 13.0. The molecule has 0 aliphatic carbocycles. The first-order valence-corrected chi connectivity index (χ1v) is 7.41. The van der Waals surface area contributed by atoms with Crippen LogP contribution in [-0.2, 0) is 4.79 Å². The highest BCUT2D eigenvalue weighted by atomic mass is 16.5. The van der Waals surface area contributed by atoms with Gasteiger partial charge in [-0.2, -0.15) is 0 Å². The molecule has 1 amide bonds. The molecule has 0 heterocycles. The minimum atomic E-state index is -0.176. The summed E-state index contributed by atoms with van der Waals surface area (Å²) in [7, 11) is 0. The standard InChI is InChI=1S/C19H21NO2/c1-15(2)14-22-18-11-7-6-10-17(18)20-19(21)13-12-16-8-4-3-5-9-16/h3-13,15H,14H2,1-2H3,(H,20,21)/b13-12+. The van der Waals surface area contributed by atoms with E-state index < -0.39 is 0 Å². The van der Waals surface area contributed by atoms with E-state index in [0.717, 1.165) is 5.56 Å². The van der Waals surface area contributed by atoms with Gasteiger partial charge in [0.2, 0.25) is 5.91 Å². The van der Waals surface area contributed by atoms with Crippen LogP contribution in [0.3, 0.4) is 0 Å². The third-order valence-corrected chi connectivity index (χ3v) is 2.94. The summed E-state index contributed by atoms with van der Waals surface area (Å²) in [5, 5.41) is 2.85. The largest absolute Gasteiger partial charge is 0.491 e. The highest BCUT2D eigenvalue weighted by Crippen LogP contribution is 2.24. The fourth-order valence-corrected chi connectivity index (χ4v) is 1.86. The number of ether oxygens (including phenoxy) is 1. The Labute approximate surface area is 131 Å². The SMILES string of the molecule is CC(C)COc1ccccc1NC(=O)/C=C/c1ccccc1. The molecule has 0 atom stereocenters. The van der Waals surface area contributed by atoms with Crippen molar-refractivity contribution in [2.75, 3.05) is 11.9 Å². The van der Waals surface area contributed by atoms with Gasteiger partial charge in [0.1, 0.15) is 5.75 Å². The van der Waals surface area contributed by atoms with Gasteiger partial charge in [0.05, 0.1) is 12.3 Å². The van der Waals surface area contributed by atoms with E-state index in [1.165, 1.54) is 6.08 Å². The maximum Gasteiger partial charge on any atom is 0.248 e. The normalized spacial score (nSPS) is 10.9. The number of hydrogen-bond donors (Lipinski definition) is 1. The van der Waals surface area contributed by atoms with Gasteiger partial charge in [0.15, 0.2) is 0 Å². The van der Waals surface area contributed by atoms with Crippen molar-refractivity contribution < 1.29 is 9.53 Å². The molecule has 0 bridgehead atoms. The molecular weight excluding hydrogens is 274 g/mol. The lowest BCUT2D eigenvalue weighted by molar-refractivity contribution is -0.111. The van der Waals surface area contributed by atoms with Gasteiger partial charge < -0.3 is 10.1 Å². The van der Waals surface area contributed by atoms with Crippen LogP contribution in [0, 0.1) is 5.92 Å². The molecule has 0 radical (unpaired) electrons. The van der Waals surface area contributed by atoms with E-state index in [1.807, 2.05) is 54.6 Å². The summed E-state index contributed by atoms with van der Waals surface area (Å²) < 4.78 is 5.72. The number of rotatable bonds is 6. The summed E-state index contributed by atoms with van der Waals surface area (Å²) >= 11 is 0. The Morgan fingerprint density at radius 1 is 1.09 bits per heavy atom. The predicted molar refractivity (Wildman–Crippen MR) is 90.9 cm³/mol. The Balaban J connectivity index is 2.01. The Morgan fingerprint density at radius 3 is 2.50 bits per heavy atom. The molecule has 1 N–H and O–H groups in total. The van der Waals surface area contributed by atoms with Crippen LogP contribution >= 0.6 is 0 Å². The molecule has 22 heavy (non-hydrogen) atoms. The molecule has 0 saturated carbocycles. The molecule has 3 nitrogen and oxygen atoms in total. The maximum absolute atomic E-state index is 12.0. The van der Waals surface area contributed by atoms with Gasteiger partial charge in [-0.15, -0.1) is 0 Å². The van der Waals surface area contributed by atoms with Gasteiger partial charge in [0, 0.05) is 6.08 Å². The van der Waals surface area contributed by atoms with Crippen LogP contribution in [0.25, 0.3) is 6.08 Å². The van der Waals surface area contributed by atoms with Crippen LogP contribution in [0.4, 0.5) is 5.69 Å². The second-order valence-corrected chi connectivity index (χ2v) is 5.43. The van der Waals surface area contributed by atoms with Crippen molar-refractivity contribution in [3.63, 3.8) is 0 Å². The summed E-state index contributed by atoms with van der Waals surface area (Å²) in [6.45, 7) is 4.79. The Bertz CT molecular complexity index is 633. The lowest BCUT2D eigenvalue weighted by Crippen LogP contribution is -2.11. The molecule has 0 aliphatic heterocycles. The number of amides is 1. The smallest absolute Gasteiger partial charge is 0.248 e. The molecule has 0 spiro atoms. The number of carbonyl (C=O) groups is 1. The monoisotopic (exact) mass is 295 g/mol. The summed E-state index contributed by atoms with van der Waals surface area (Å²) in [5.41, 5.74) is 1.67. The van der Waals surface area contributed by atoms with Gasteiger partial charge in [-0.1, -0.05) is 56.3 Å². The quantitative estimate of drug-likeness (QED) is 0.803. The van der Waals surface area contributed by atoms with E-state index in [1.54, 1.807) is 6.08 Å². The van der Waals surface area contributed by atoms with E-state index in [-0.39, 0.29) is 5.91 Å². The first-order chi connectivity index (χ1) is 10.6. The van der Waals surface area contributed by atoms with Crippen molar-refractivity contribution in [1.29, 1.82) is 0 Å². The topological polar surface area (TPSA) is 38.3 Å². The second-order valence-electron chi connectivity index (χ2n) is 5.43. The molecule has 2 aromatic rings. The van der Waals surface area contributed by atoms with E-state index in [4.69, 9.17) is 4.74 Å². The van der Waals surface area contributed by atoms with Crippen molar-refractivity contribution in [2.45, 2.75) is 13.8 Å². The van der Waals surface area contributed by atoms with Crippen LogP contribution in [0.5, 0.6) is 5.75 Å². The van der Waals surface area contributed by atoms with E-state index in [2.05, 4.69) is 19.2 Å². The molecular formula is C19H21NO2. The molecule has 2 rings (SSSR count). The molecule has 3 heteroatoms. The number of benzene rings is 2. The van der Waals surface area contributed by atoms with Gasteiger partial charge in [-0.3, -0.25) is 4.79 Å². The zero-order valence-corrected chi connectivity index (χ0v) is 13.0. The third kappa shape index (κ3) is 5.09. The summed E-state index contributed by atoms with van der Waals surface area (Å²) in [5.74, 6) is 0.948.